The monoisotopic (exact) mass is 729 g/mol. The largest absolute Gasteiger partial charge is 0.512 e. The molecule has 0 fully saturated rings. The van der Waals surface area contributed by atoms with Crippen LogP contribution in [0.5, 0.6) is 0 Å². The molecule has 278 valence electrons. The Balaban J connectivity index is -0.000000553. The number of hydrogen-bond donors (Lipinski definition) is 1. The molecule has 0 aromatic carbocycles. The molecule has 3 heterocycles. The third kappa shape index (κ3) is 21.0. The van der Waals surface area contributed by atoms with Crippen LogP contribution >= 0.6 is 0 Å². The topological polar surface area (TPSA) is 97.2 Å². The van der Waals surface area contributed by atoms with Crippen LogP contribution in [-0.2, 0) is 26.6 Å². The van der Waals surface area contributed by atoms with E-state index in [1.165, 1.54) is 51.6 Å². The summed E-state index contributed by atoms with van der Waals surface area (Å²) in [5.41, 5.74) is -12.3. The summed E-state index contributed by atoms with van der Waals surface area (Å²) in [7, 11) is -9.02. The minimum atomic E-state index is -6.60. The number of halogens is 6. The standard InChI is InChI=1S/C11H18N.C8H16N2.C6H12N2.C2HF6NO4S2.2CH4/c1-2-3-4-6-9-12-10-7-5-8-11-12;1-3-4-5-10-7-6-9(2)8-10;1-3-8-5-4-7(2)6-8;3-1(4,5)14(10,11)9-15(12,13)2(6,7)8;;/h5,7-8,10-11H,2-4,6,9H2,1H3;6-7H,3-5,8H2,1-2H3;4-5H,3,6H2,1-2H3;9H;2*1H4/q+1;;;;;. The zero-order valence-corrected chi connectivity index (χ0v) is 28.1. The van der Waals surface area contributed by atoms with Crippen LogP contribution < -0.4 is 8.69 Å². The molecule has 47 heavy (non-hydrogen) atoms. The molecule has 0 amide bonds. The summed E-state index contributed by atoms with van der Waals surface area (Å²) in [6.45, 7) is 12.2. The van der Waals surface area contributed by atoms with Gasteiger partial charge in [0.15, 0.2) is 12.4 Å². The molecule has 0 saturated carbocycles. The first-order valence-corrected chi connectivity index (χ1v) is 17.4. The Morgan fingerprint density at radius 1 is 0.660 bits per heavy atom. The number of hydrogen-bond acceptors (Lipinski definition) is 8. The van der Waals surface area contributed by atoms with Crippen LogP contribution in [0.2, 0.25) is 0 Å². The van der Waals surface area contributed by atoms with E-state index in [-0.39, 0.29) is 14.9 Å². The summed E-state index contributed by atoms with van der Waals surface area (Å²) in [5, 5.41) is 0. The lowest BCUT2D eigenvalue weighted by Crippen LogP contribution is -2.45. The molecule has 10 nitrogen and oxygen atoms in total. The quantitative estimate of drug-likeness (QED) is 0.162. The number of aryl methyl sites for hydroxylation is 1. The fourth-order valence-electron chi connectivity index (χ4n) is 3.43. The summed E-state index contributed by atoms with van der Waals surface area (Å²) in [6, 6.07) is 6.22. The molecule has 3 rings (SSSR count). The van der Waals surface area contributed by atoms with Gasteiger partial charge in [0.05, 0.1) is 13.3 Å². The van der Waals surface area contributed by atoms with Gasteiger partial charge in [-0.05, 0) is 19.8 Å². The minimum absolute atomic E-state index is 0. The number of nitrogens with zero attached hydrogens (tertiary/aromatic N) is 5. The molecule has 0 unspecified atom stereocenters. The molecule has 0 bridgehead atoms. The van der Waals surface area contributed by atoms with Gasteiger partial charge >= 0.3 is 31.1 Å². The molecule has 18 heteroatoms. The van der Waals surface area contributed by atoms with Crippen molar-refractivity contribution in [3.05, 3.63) is 55.4 Å². The summed E-state index contributed by atoms with van der Waals surface area (Å²) in [4.78, 5) is 8.93. The fourth-order valence-corrected chi connectivity index (χ4v) is 5.34. The SMILES string of the molecule is C.C.CCCCCC[n+]1ccccc1.CCCCN1C=CN(C)C1.CCN1C=CN(C)C1.O=S(=O)(NS(=O)(=O)C(F)(F)F)C(F)(F)F. The van der Waals surface area contributed by atoms with Crippen LogP contribution in [0, 0.1) is 0 Å². The van der Waals surface area contributed by atoms with Crippen molar-refractivity contribution in [3.8, 4) is 0 Å². The van der Waals surface area contributed by atoms with E-state index in [1.54, 1.807) is 0 Å². The van der Waals surface area contributed by atoms with Gasteiger partial charge < -0.3 is 19.6 Å². The van der Waals surface area contributed by atoms with Crippen LogP contribution in [0.3, 0.4) is 0 Å². The summed E-state index contributed by atoms with van der Waals surface area (Å²) in [6.07, 6.45) is 20.7. The number of alkyl halides is 6. The highest BCUT2D eigenvalue weighted by molar-refractivity contribution is 8.05. The van der Waals surface area contributed by atoms with Gasteiger partial charge in [-0.1, -0.05) is 58.2 Å². The van der Waals surface area contributed by atoms with Gasteiger partial charge in [0.1, 0.15) is 6.54 Å². The molecule has 1 aromatic heterocycles. The zero-order valence-electron chi connectivity index (χ0n) is 26.4. The Labute approximate surface area is 278 Å². The van der Waals surface area contributed by atoms with Crippen molar-refractivity contribution in [1.29, 1.82) is 0 Å². The Morgan fingerprint density at radius 3 is 1.45 bits per heavy atom. The molecular formula is C29H55F6N6O4S2+. The number of unbranched alkanes of at least 4 members (excludes halogenated alkanes) is 4. The number of nitrogens with one attached hydrogen (secondary N) is 1. The van der Waals surface area contributed by atoms with E-state index < -0.39 is 35.2 Å². The van der Waals surface area contributed by atoms with E-state index in [0.717, 1.165) is 19.9 Å². The van der Waals surface area contributed by atoms with Crippen LogP contribution in [-0.4, -0.2) is 88.0 Å². The molecular weight excluding hydrogens is 674 g/mol. The summed E-state index contributed by atoms with van der Waals surface area (Å²) in [5.74, 6) is 0. The second kappa shape index (κ2) is 23.6. The Morgan fingerprint density at radius 2 is 1.11 bits per heavy atom. The number of rotatable bonds is 11. The van der Waals surface area contributed by atoms with E-state index >= 15 is 0 Å². The number of aromatic nitrogens is 1. The Hall–Kier alpha value is -2.73. The average molecular weight is 730 g/mol. The smallest absolute Gasteiger partial charge is 0.362 e. The van der Waals surface area contributed by atoms with Crippen molar-refractivity contribution >= 4 is 20.0 Å². The molecule has 2 aliphatic heterocycles. The lowest BCUT2D eigenvalue weighted by Gasteiger charge is -2.17. The predicted octanol–water partition coefficient (Wildman–Crippen LogP) is 6.25. The van der Waals surface area contributed by atoms with Gasteiger partial charge in [-0.3, -0.25) is 0 Å². The van der Waals surface area contributed by atoms with Crippen molar-refractivity contribution < 1.29 is 47.7 Å². The summed E-state index contributed by atoms with van der Waals surface area (Å²) < 4.78 is 111. The van der Waals surface area contributed by atoms with Crippen molar-refractivity contribution in [3.63, 3.8) is 0 Å². The average Bonchev–Trinajstić information content (AvgIpc) is 3.57. The van der Waals surface area contributed by atoms with E-state index in [9.17, 15) is 43.2 Å². The summed E-state index contributed by atoms with van der Waals surface area (Å²) >= 11 is 0. The van der Waals surface area contributed by atoms with Gasteiger partial charge in [-0.25, -0.2) is 21.4 Å². The van der Waals surface area contributed by atoms with Crippen molar-refractivity contribution in [2.75, 3.05) is 40.5 Å². The van der Waals surface area contributed by atoms with E-state index in [2.05, 4.69) is 114 Å². The first kappa shape index (κ1) is 48.7. The molecule has 1 N–H and O–H groups in total. The second-order valence-corrected chi connectivity index (χ2v) is 13.7. The maximum absolute atomic E-state index is 11.5. The molecule has 0 saturated heterocycles. The maximum Gasteiger partial charge on any atom is 0.512 e. The lowest BCUT2D eigenvalue weighted by atomic mass is 10.2. The van der Waals surface area contributed by atoms with E-state index in [1.807, 2.05) is 0 Å². The van der Waals surface area contributed by atoms with E-state index in [4.69, 9.17) is 0 Å². The van der Waals surface area contributed by atoms with Gasteiger partial charge in [0.2, 0.25) is 0 Å². The molecule has 0 aliphatic carbocycles. The minimum Gasteiger partial charge on any atom is -0.362 e. The van der Waals surface area contributed by atoms with Crippen LogP contribution in [0.15, 0.2) is 55.4 Å². The zero-order chi connectivity index (χ0) is 34.7. The molecule has 1 aromatic rings. The van der Waals surface area contributed by atoms with Crippen molar-refractivity contribution in [1.82, 2.24) is 23.7 Å². The van der Waals surface area contributed by atoms with Gasteiger partial charge in [0.25, 0.3) is 0 Å². The van der Waals surface area contributed by atoms with Crippen LogP contribution in [0.4, 0.5) is 26.3 Å². The molecule has 0 atom stereocenters. The third-order valence-corrected chi connectivity index (χ3v) is 8.93. The van der Waals surface area contributed by atoms with E-state index in [0.29, 0.717) is 0 Å². The van der Waals surface area contributed by atoms with Crippen LogP contribution in [0.25, 0.3) is 0 Å². The Bertz CT molecular complexity index is 1170. The number of pyridine rings is 1. The first-order chi connectivity index (χ1) is 20.8. The normalized spacial score (nSPS) is 14.2. The van der Waals surface area contributed by atoms with Crippen molar-refractivity contribution in [2.45, 2.75) is 91.7 Å². The van der Waals surface area contributed by atoms with Crippen molar-refractivity contribution in [2.24, 2.45) is 0 Å². The molecule has 0 radical (unpaired) electrons. The second-order valence-electron chi connectivity index (χ2n) is 10.1. The Kier molecular flexibility index (Phi) is 24.4. The number of sulfonamides is 2. The molecule has 2 aliphatic rings. The third-order valence-electron chi connectivity index (χ3n) is 5.95. The fraction of sp³-hybridized carbons (Fsp3) is 0.690. The lowest BCUT2D eigenvalue weighted by molar-refractivity contribution is -0.697. The predicted molar refractivity (Wildman–Crippen MR) is 175 cm³/mol. The molecule has 0 spiro atoms. The van der Waals surface area contributed by atoms with Gasteiger partial charge in [-0.2, -0.15) is 26.3 Å². The van der Waals surface area contributed by atoms with Crippen LogP contribution in [0.1, 0.15) is 74.1 Å². The highest BCUT2D eigenvalue weighted by Gasteiger charge is 2.55. The first-order valence-electron chi connectivity index (χ1n) is 14.4. The highest BCUT2D eigenvalue weighted by Crippen LogP contribution is 2.27. The maximum atomic E-state index is 11.5. The highest BCUT2D eigenvalue weighted by atomic mass is 32.3. The van der Waals surface area contributed by atoms with Gasteiger partial charge in [-0.15, -0.1) is 0 Å². The van der Waals surface area contributed by atoms with Gasteiger partial charge in [0, 0.05) is 70.5 Å².